The van der Waals surface area contributed by atoms with Gasteiger partial charge < -0.3 is 26.4 Å². The molecule has 1 heterocycles. The smallest absolute Gasteiger partial charge is 0.326 e. The minimum Gasteiger partial charge on any atom is -0.480 e. The Morgan fingerprint density at radius 1 is 1.05 bits per heavy atom. The lowest BCUT2D eigenvalue weighted by molar-refractivity contribution is -0.145. The van der Waals surface area contributed by atoms with Gasteiger partial charge in [0, 0.05) is 12.7 Å². The van der Waals surface area contributed by atoms with Crippen LogP contribution in [0.3, 0.4) is 0 Å². The summed E-state index contributed by atoms with van der Waals surface area (Å²) in [6.45, 7) is 7.77. The maximum Gasteiger partial charge on any atom is 0.326 e. The van der Waals surface area contributed by atoms with Gasteiger partial charge in [-0.05, 0) is 56.9 Å². The van der Waals surface area contributed by atoms with E-state index < -0.39 is 35.4 Å². The zero-order valence-electron chi connectivity index (χ0n) is 23.3. The van der Waals surface area contributed by atoms with E-state index in [-0.39, 0.29) is 28.9 Å². The standard InChI is InChI=1S/C27H46N4O6S/c1-17(2)22(25(35)36)30-26(37)27(13-8-10-18(3)16-27)31-24(34)21(11-6-5-7-15-38-19(4)32)29-23(33)20-12-9-14-28-20/h17-18,20-22,28H,5-16H2,1-4H3,(H,29,33)(H,30,37)(H,31,34)(H,35,36)/t18?,20-,21-,22-,27?/m0/s1. The Balaban J connectivity index is 2.16. The highest BCUT2D eigenvalue weighted by atomic mass is 32.2. The number of amides is 3. The lowest BCUT2D eigenvalue weighted by Crippen LogP contribution is -2.65. The molecule has 216 valence electrons. The summed E-state index contributed by atoms with van der Waals surface area (Å²) in [7, 11) is 0. The van der Waals surface area contributed by atoms with Crippen molar-refractivity contribution in [2.24, 2.45) is 11.8 Å². The van der Waals surface area contributed by atoms with Crippen LogP contribution >= 0.6 is 11.8 Å². The zero-order chi connectivity index (χ0) is 28.3. The first kappa shape index (κ1) is 32.1. The van der Waals surface area contributed by atoms with Gasteiger partial charge in [-0.25, -0.2) is 4.79 Å². The molecular formula is C27H46N4O6S. The summed E-state index contributed by atoms with van der Waals surface area (Å²) in [6, 6.07) is -2.22. The lowest BCUT2D eigenvalue weighted by Gasteiger charge is -2.41. The third kappa shape index (κ3) is 9.87. The van der Waals surface area contributed by atoms with Gasteiger partial charge in [-0.1, -0.05) is 58.2 Å². The molecule has 0 bridgehead atoms. The predicted octanol–water partition coefficient (Wildman–Crippen LogP) is 2.35. The zero-order valence-corrected chi connectivity index (χ0v) is 24.1. The van der Waals surface area contributed by atoms with Crippen LogP contribution in [0.5, 0.6) is 0 Å². The number of nitrogens with one attached hydrogen (secondary N) is 4. The fourth-order valence-electron chi connectivity index (χ4n) is 5.34. The van der Waals surface area contributed by atoms with Crippen molar-refractivity contribution in [2.75, 3.05) is 12.3 Å². The molecule has 0 aromatic rings. The Kier molecular flexibility index (Phi) is 13.0. The molecule has 0 radical (unpaired) electrons. The number of carboxylic acids is 1. The summed E-state index contributed by atoms with van der Waals surface area (Å²) in [5.41, 5.74) is -1.23. The molecule has 0 spiro atoms. The van der Waals surface area contributed by atoms with Crippen LogP contribution in [0.25, 0.3) is 0 Å². The molecule has 11 heteroatoms. The Hall–Kier alpha value is -2.14. The van der Waals surface area contributed by atoms with E-state index in [4.69, 9.17) is 0 Å². The molecule has 2 unspecified atom stereocenters. The third-order valence-corrected chi connectivity index (χ3v) is 8.37. The van der Waals surface area contributed by atoms with Crippen molar-refractivity contribution < 1.29 is 29.1 Å². The molecule has 1 aliphatic carbocycles. The summed E-state index contributed by atoms with van der Waals surface area (Å²) in [5, 5.41) is 21.4. The van der Waals surface area contributed by atoms with E-state index in [1.54, 1.807) is 13.8 Å². The summed E-state index contributed by atoms with van der Waals surface area (Å²) in [6.07, 6.45) is 6.78. The van der Waals surface area contributed by atoms with E-state index >= 15 is 0 Å². The van der Waals surface area contributed by atoms with Gasteiger partial charge in [0.15, 0.2) is 5.12 Å². The second-order valence-corrected chi connectivity index (χ2v) is 12.5. The quantitative estimate of drug-likeness (QED) is 0.205. The van der Waals surface area contributed by atoms with Crippen LogP contribution in [0.15, 0.2) is 0 Å². The first-order valence-corrected chi connectivity index (χ1v) is 15.0. The van der Waals surface area contributed by atoms with E-state index in [1.807, 2.05) is 6.92 Å². The molecule has 3 amide bonds. The number of carbonyl (C=O) groups excluding carboxylic acids is 4. The maximum absolute atomic E-state index is 13.6. The minimum atomic E-state index is -1.23. The summed E-state index contributed by atoms with van der Waals surface area (Å²) < 4.78 is 0. The van der Waals surface area contributed by atoms with E-state index in [2.05, 4.69) is 21.3 Å². The van der Waals surface area contributed by atoms with Crippen molar-refractivity contribution in [1.82, 2.24) is 21.3 Å². The first-order chi connectivity index (χ1) is 17.9. The number of hydrogen-bond donors (Lipinski definition) is 5. The molecule has 0 aromatic carbocycles. The molecule has 10 nitrogen and oxygen atoms in total. The van der Waals surface area contributed by atoms with Gasteiger partial charge in [0.25, 0.3) is 0 Å². The molecule has 5 N–H and O–H groups in total. The Bertz CT molecular complexity index is 847. The van der Waals surface area contributed by atoms with E-state index in [0.29, 0.717) is 37.9 Å². The van der Waals surface area contributed by atoms with Crippen molar-refractivity contribution in [1.29, 1.82) is 0 Å². The van der Waals surface area contributed by atoms with Gasteiger partial charge in [-0.3, -0.25) is 19.2 Å². The van der Waals surface area contributed by atoms with Gasteiger partial charge in [0.2, 0.25) is 17.7 Å². The second-order valence-electron chi connectivity index (χ2n) is 11.2. The van der Waals surface area contributed by atoms with Crippen molar-refractivity contribution >= 4 is 40.6 Å². The molecule has 2 rings (SSSR count). The van der Waals surface area contributed by atoms with Crippen molar-refractivity contribution in [3.05, 3.63) is 0 Å². The van der Waals surface area contributed by atoms with Crippen LogP contribution in [-0.2, 0) is 24.0 Å². The summed E-state index contributed by atoms with van der Waals surface area (Å²) in [5.74, 6) is -1.68. The Labute approximate surface area is 230 Å². The number of rotatable bonds is 14. The molecule has 2 aliphatic rings. The van der Waals surface area contributed by atoms with Gasteiger partial charge in [0.05, 0.1) is 6.04 Å². The molecule has 2 fully saturated rings. The van der Waals surface area contributed by atoms with Crippen LogP contribution in [0.4, 0.5) is 0 Å². The number of carboxylic acid groups (broad SMARTS) is 1. The van der Waals surface area contributed by atoms with Gasteiger partial charge in [0.1, 0.15) is 17.6 Å². The van der Waals surface area contributed by atoms with Crippen LogP contribution in [-0.4, -0.2) is 69.9 Å². The predicted molar refractivity (Wildman–Crippen MR) is 147 cm³/mol. The van der Waals surface area contributed by atoms with Crippen molar-refractivity contribution in [3.63, 3.8) is 0 Å². The average molecular weight is 555 g/mol. The molecule has 5 atom stereocenters. The van der Waals surface area contributed by atoms with Crippen LogP contribution in [0.1, 0.15) is 91.9 Å². The summed E-state index contributed by atoms with van der Waals surface area (Å²) >= 11 is 1.28. The van der Waals surface area contributed by atoms with Crippen molar-refractivity contribution in [3.8, 4) is 0 Å². The van der Waals surface area contributed by atoms with E-state index in [0.717, 1.165) is 38.6 Å². The fraction of sp³-hybridized carbons (Fsp3) is 0.815. The SMILES string of the molecule is CC(=O)SCCCCC[C@H](NC(=O)[C@@H]1CCCN1)C(=O)NC1(C(=O)N[C@H](C(=O)O)C(C)C)CCCC(C)C1. The molecule has 1 saturated heterocycles. The van der Waals surface area contributed by atoms with Gasteiger partial charge >= 0.3 is 5.97 Å². The fourth-order valence-corrected chi connectivity index (χ4v) is 5.97. The monoisotopic (exact) mass is 554 g/mol. The molecule has 38 heavy (non-hydrogen) atoms. The highest BCUT2D eigenvalue weighted by Gasteiger charge is 2.45. The largest absolute Gasteiger partial charge is 0.480 e. The Morgan fingerprint density at radius 3 is 2.37 bits per heavy atom. The van der Waals surface area contributed by atoms with Gasteiger partial charge in [-0.15, -0.1) is 0 Å². The third-order valence-electron chi connectivity index (χ3n) is 7.47. The number of thioether (sulfide) groups is 1. The molecule has 0 aromatic heterocycles. The van der Waals surface area contributed by atoms with Crippen LogP contribution in [0.2, 0.25) is 0 Å². The lowest BCUT2D eigenvalue weighted by atomic mass is 9.75. The Morgan fingerprint density at radius 2 is 1.79 bits per heavy atom. The van der Waals surface area contributed by atoms with E-state index in [9.17, 15) is 29.1 Å². The topological polar surface area (TPSA) is 154 Å². The number of unbranched alkanes of at least 4 members (excludes halogenated alkanes) is 2. The van der Waals surface area contributed by atoms with E-state index in [1.165, 1.54) is 18.7 Å². The van der Waals surface area contributed by atoms with Gasteiger partial charge in [-0.2, -0.15) is 0 Å². The normalized spacial score (nSPS) is 24.9. The number of aliphatic carboxylic acids is 1. The highest BCUT2D eigenvalue weighted by molar-refractivity contribution is 8.13. The molecule has 1 saturated carbocycles. The molecule has 1 aliphatic heterocycles. The highest BCUT2D eigenvalue weighted by Crippen LogP contribution is 2.33. The van der Waals surface area contributed by atoms with Crippen LogP contribution < -0.4 is 21.3 Å². The molecular weight excluding hydrogens is 508 g/mol. The number of hydrogen-bond acceptors (Lipinski definition) is 7. The number of carbonyl (C=O) groups is 5. The second kappa shape index (κ2) is 15.5. The minimum absolute atomic E-state index is 0.0754. The average Bonchev–Trinajstić information content (AvgIpc) is 3.38. The maximum atomic E-state index is 13.6. The van der Waals surface area contributed by atoms with Crippen molar-refractivity contribution in [2.45, 2.75) is 116 Å². The van der Waals surface area contributed by atoms with Crippen LogP contribution in [0, 0.1) is 11.8 Å². The first-order valence-electron chi connectivity index (χ1n) is 14.0. The summed E-state index contributed by atoms with van der Waals surface area (Å²) in [4.78, 5) is 63.0.